The minimum atomic E-state index is -4.76. The van der Waals surface area contributed by atoms with E-state index in [0.29, 0.717) is 12.0 Å². The zero-order valence-electron chi connectivity index (χ0n) is 36.1. The van der Waals surface area contributed by atoms with Crippen LogP contribution in [0.4, 0.5) is 9.59 Å². The summed E-state index contributed by atoms with van der Waals surface area (Å²) < 4.78 is 66.3. The molecule has 64 heavy (non-hydrogen) atoms. The molecular formula is C46H61Cl3NO13P. The summed E-state index contributed by atoms with van der Waals surface area (Å²) in [4.78, 5) is 26.4. The molecule has 1 heterocycles. The highest BCUT2D eigenvalue weighted by atomic mass is 35.6. The van der Waals surface area contributed by atoms with Crippen molar-refractivity contribution in [2.24, 2.45) is 0 Å². The second-order valence-corrected chi connectivity index (χ2v) is 19.1. The van der Waals surface area contributed by atoms with Crippen molar-refractivity contribution in [3.05, 3.63) is 109 Å². The molecule has 3 aromatic carbocycles. The van der Waals surface area contributed by atoms with Crippen LogP contribution in [0.25, 0.3) is 0 Å². The Bertz CT molecular complexity index is 1770. The van der Waals surface area contributed by atoms with Gasteiger partial charge in [0.05, 0.1) is 12.7 Å². The molecule has 1 aliphatic rings. The van der Waals surface area contributed by atoms with E-state index in [0.717, 1.165) is 25.7 Å². The molecule has 0 aromatic heterocycles. The van der Waals surface area contributed by atoms with Gasteiger partial charge >= 0.3 is 20.1 Å². The summed E-state index contributed by atoms with van der Waals surface area (Å²) in [6.07, 6.45) is 3.94. The van der Waals surface area contributed by atoms with Crippen LogP contribution in [0, 0.1) is 0 Å². The minimum absolute atomic E-state index is 0.0822. The number of alkyl carbamates (subject to hydrolysis) is 1. The number of hydrogen-bond acceptors (Lipinski definition) is 13. The first-order chi connectivity index (χ1) is 30.9. The molecular weight excluding hydrogens is 912 g/mol. The van der Waals surface area contributed by atoms with Gasteiger partial charge in [-0.2, -0.15) is 0 Å². The zero-order valence-corrected chi connectivity index (χ0v) is 39.3. The van der Waals surface area contributed by atoms with Crippen molar-refractivity contribution in [1.29, 1.82) is 0 Å². The maximum absolute atomic E-state index is 15.0. The van der Waals surface area contributed by atoms with Crippen LogP contribution >= 0.6 is 42.6 Å². The standard InChI is InChI=1S/C46H61Cl3NO13P/c1-3-5-6-7-8-9-10-11-17-24-36(51)29-31-55-42-40(50-44(52)59-34-46(47,48)49)43(56-30-4-2)60-39(33-58-45(53)57-32-35-22-15-12-16-23-35)41(42)63-64(54,61-37-25-18-13-19-26-37)62-38-27-20-14-21-28-38/h4,12-16,18-23,25-28,36,39-43,51H,2-3,5-11,17,24,29-34H2,1H3,(H,50,52)/t36-,39-,40-,41-,42-,43+/m1/s1. The molecule has 354 valence electrons. The maximum atomic E-state index is 15.0. The highest BCUT2D eigenvalue weighted by molar-refractivity contribution is 7.49. The van der Waals surface area contributed by atoms with Gasteiger partial charge in [0, 0.05) is 6.61 Å². The number of amides is 1. The Balaban J connectivity index is 1.64. The van der Waals surface area contributed by atoms with Gasteiger partial charge < -0.3 is 47.9 Å². The molecule has 1 aliphatic heterocycles. The first-order valence-electron chi connectivity index (χ1n) is 21.7. The van der Waals surface area contributed by atoms with Crippen LogP contribution in [-0.2, 0) is 44.1 Å². The number of carbonyl (C=O) groups is 2. The number of rotatable bonds is 29. The van der Waals surface area contributed by atoms with Crippen molar-refractivity contribution in [2.75, 3.05) is 26.4 Å². The summed E-state index contributed by atoms with van der Waals surface area (Å²) in [6, 6.07) is 24.0. The summed E-state index contributed by atoms with van der Waals surface area (Å²) in [5.41, 5.74) is 0.716. The SMILES string of the molecule is C=CCO[C@H]1O[C@H](COC(=O)OCc2ccccc2)[C@@H](OP(=O)(Oc2ccccc2)Oc2ccccc2)[C@H](OCC[C@H](O)CCCCCCCCCCC)[C@H]1NC(=O)OCC(Cl)(Cl)Cl. The van der Waals surface area contributed by atoms with E-state index < -0.39 is 73.8 Å². The molecule has 14 nitrogen and oxygen atoms in total. The molecule has 2 N–H and O–H groups in total. The number of ether oxygens (including phenoxy) is 6. The number of phosphoric ester groups is 1. The third-order valence-electron chi connectivity index (χ3n) is 9.81. The van der Waals surface area contributed by atoms with Gasteiger partial charge in [-0.25, -0.2) is 14.2 Å². The summed E-state index contributed by atoms with van der Waals surface area (Å²) in [5, 5.41) is 13.7. The number of unbranched alkanes of at least 4 members (excludes halogenated alkanes) is 8. The number of aliphatic hydroxyl groups excluding tert-OH is 1. The van der Waals surface area contributed by atoms with Crippen LogP contribution in [-0.4, -0.2) is 84.3 Å². The molecule has 3 aromatic rings. The number of alkyl halides is 3. The predicted octanol–water partition coefficient (Wildman–Crippen LogP) is 11.4. The van der Waals surface area contributed by atoms with Crippen LogP contribution in [0.3, 0.4) is 0 Å². The minimum Gasteiger partial charge on any atom is -0.445 e. The van der Waals surface area contributed by atoms with Crippen molar-refractivity contribution in [2.45, 2.75) is 125 Å². The van der Waals surface area contributed by atoms with Crippen LogP contribution in [0.2, 0.25) is 0 Å². The zero-order chi connectivity index (χ0) is 46.0. The second-order valence-electron chi connectivity index (χ2n) is 15.1. The Morgan fingerprint density at radius 1 is 0.797 bits per heavy atom. The normalized spacial score (nSPS) is 19.2. The third-order valence-corrected chi connectivity index (χ3v) is 11.5. The van der Waals surface area contributed by atoms with E-state index >= 15 is 0 Å². The van der Waals surface area contributed by atoms with Crippen molar-refractivity contribution >= 4 is 54.9 Å². The van der Waals surface area contributed by atoms with Gasteiger partial charge in [0.25, 0.3) is 0 Å². The summed E-state index contributed by atoms with van der Waals surface area (Å²) in [6.45, 7) is 4.48. The van der Waals surface area contributed by atoms with Gasteiger partial charge in [0.15, 0.2) is 6.29 Å². The smallest absolute Gasteiger partial charge is 0.445 e. The van der Waals surface area contributed by atoms with Crippen molar-refractivity contribution < 1.29 is 61.3 Å². The Morgan fingerprint density at radius 2 is 1.38 bits per heavy atom. The molecule has 1 saturated heterocycles. The molecule has 18 heteroatoms. The van der Waals surface area contributed by atoms with E-state index in [2.05, 4.69) is 18.8 Å². The molecule has 0 bridgehead atoms. The lowest BCUT2D eigenvalue weighted by Crippen LogP contribution is -2.66. The Hall–Kier alpha value is -3.56. The molecule has 6 atom stereocenters. The average Bonchev–Trinajstić information content (AvgIpc) is 3.27. The molecule has 0 aliphatic carbocycles. The Morgan fingerprint density at radius 3 is 1.95 bits per heavy atom. The highest BCUT2D eigenvalue weighted by Crippen LogP contribution is 2.52. The fourth-order valence-corrected chi connectivity index (χ4v) is 8.26. The first-order valence-corrected chi connectivity index (χ1v) is 24.3. The third kappa shape index (κ3) is 20.7. The summed E-state index contributed by atoms with van der Waals surface area (Å²) >= 11 is 17.6. The quantitative estimate of drug-likeness (QED) is 0.0222. The molecule has 0 radical (unpaired) electrons. The number of carbonyl (C=O) groups excluding carboxylic acids is 2. The number of nitrogens with one attached hydrogen (secondary N) is 1. The van der Waals surface area contributed by atoms with E-state index in [1.165, 1.54) is 38.2 Å². The first kappa shape index (κ1) is 53.1. The van der Waals surface area contributed by atoms with Gasteiger partial charge in [-0.05, 0) is 42.7 Å². The van der Waals surface area contributed by atoms with Crippen LogP contribution < -0.4 is 14.4 Å². The fourth-order valence-electron chi connectivity index (χ4n) is 6.66. The highest BCUT2D eigenvalue weighted by Gasteiger charge is 2.53. The summed E-state index contributed by atoms with van der Waals surface area (Å²) in [5.74, 6) is 0.259. The lowest BCUT2D eigenvalue weighted by atomic mass is 9.96. The van der Waals surface area contributed by atoms with E-state index in [1.54, 1.807) is 84.9 Å². The van der Waals surface area contributed by atoms with Crippen molar-refractivity contribution in [3.63, 3.8) is 0 Å². The molecule has 0 saturated carbocycles. The van der Waals surface area contributed by atoms with Crippen molar-refractivity contribution in [3.8, 4) is 11.5 Å². The fraction of sp³-hybridized carbons (Fsp3) is 0.522. The molecule has 0 unspecified atom stereocenters. The maximum Gasteiger partial charge on any atom is 0.588 e. The lowest BCUT2D eigenvalue weighted by molar-refractivity contribution is -0.271. The van der Waals surface area contributed by atoms with Crippen LogP contribution in [0.5, 0.6) is 11.5 Å². The van der Waals surface area contributed by atoms with Gasteiger partial charge in [-0.3, -0.25) is 4.52 Å². The number of aliphatic hydroxyl groups is 1. The van der Waals surface area contributed by atoms with E-state index in [9.17, 15) is 19.3 Å². The Labute approximate surface area is 391 Å². The number of para-hydroxylation sites is 2. The molecule has 4 rings (SSSR count). The average molecular weight is 973 g/mol. The number of phosphoric acid groups is 1. The van der Waals surface area contributed by atoms with Crippen molar-refractivity contribution in [1.82, 2.24) is 5.32 Å². The van der Waals surface area contributed by atoms with Gasteiger partial charge in [-0.1, -0.05) is 172 Å². The van der Waals surface area contributed by atoms with Crippen LogP contribution in [0.15, 0.2) is 104 Å². The number of hydrogen-bond donors (Lipinski definition) is 2. The van der Waals surface area contributed by atoms with Gasteiger partial charge in [0.1, 0.15) is 55.7 Å². The monoisotopic (exact) mass is 971 g/mol. The van der Waals surface area contributed by atoms with Gasteiger partial charge in [-0.15, -0.1) is 6.58 Å². The second kappa shape index (κ2) is 29.2. The largest absolute Gasteiger partial charge is 0.588 e. The molecule has 0 spiro atoms. The number of halogens is 3. The molecule has 1 amide bonds. The molecule has 1 fully saturated rings. The van der Waals surface area contributed by atoms with E-state index in [-0.39, 0.29) is 37.7 Å². The van der Waals surface area contributed by atoms with Gasteiger partial charge in [0.2, 0.25) is 3.79 Å². The van der Waals surface area contributed by atoms with E-state index in [1.807, 2.05) is 6.07 Å². The topological polar surface area (TPSA) is 167 Å². The van der Waals surface area contributed by atoms with E-state index in [4.69, 9.17) is 76.8 Å². The predicted molar refractivity (Wildman–Crippen MR) is 245 cm³/mol. The van der Waals surface area contributed by atoms with Crippen LogP contribution in [0.1, 0.15) is 83.1 Å². The Kier molecular flexibility index (Phi) is 24.2. The number of benzene rings is 3. The summed E-state index contributed by atoms with van der Waals surface area (Å²) in [7, 11) is -4.76. The lowest BCUT2D eigenvalue weighted by Gasteiger charge is -2.45.